The van der Waals surface area contributed by atoms with Crippen molar-refractivity contribution in [2.45, 2.75) is 6.42 Å². The van der Waals surface area contributed by atoms with Gasteiger partial charge < -0.3 is 15.3 Å². The van der Waals surface area contributed by atoms with Crippen LogP contribution in [0.5, 0.6) is 0 Å². The van der Waals surface area contributed by atoms with Gasteiger partial charge in [-0.3, -0.25) is 4.79 Å². The highest BCUT2D eigenvalue weighted by molar-refractivity contribution is 6.31. The van der Waals surface area contributed by atoms with E-state index in [-0.39, 0.29) is 18.5 Å². The predicted molar refractivity (Wildman–Crippen MR) is 70.1 cm³/mol. The fraction of sp³-hybridized carbons (Fsp3) is 0.250. The van der Waals surface area contributed by atoms with E-state index in [2.05, 4.69) is 5.32 Å². The Kier molecular flexibility index (Phi) is 5.15. The lowest BCUT2D eigenvalue weighted by molar-refractivity contribution is -0.137. The summed E-state index contributed by atoms with van der Waals surface area (Å²) in [6, 6.07) is 5.93. The highest BCUT2D eigenvalue weighted by Crippen LogP contribution is 2.20. The number of benzene rings is 1. The molecule has 0 spiro atoms. The van der Waals surface area contributed by atoms with Gasteiger partial charge in [-0.2, -0.15) is 5.26 Å². The van der Waals surface area contributed by atoms with Crippen molar-refractivity contribution >= 4 is 29.3 Å². The van der Waals surface area contributed by atoms with Crippen molar-refractivity contribution in [1.82, 2.24) is 4.90 Å². The van der Waals surface area contributed by atoms with Gasteiger partial charge in [-0.25, -0.2) is 4.79 Å². The molecule has 0 unspecified atom stereocenters. The van der Waals surface area contributed by atoms with E-state index >= 15 is 0 Å². The van der Waals surface area contributed by atoms with E-state index in [1.807, 2.05) is 6.07 Å². The topological polar surface area (TPSA) is 93.4 Å². The Hall–Kier alpha value is -2.26. The van der Waals surface area contributed by atoms with E-state index in [1.165, 1.54) is 24.1 Å². The lowest BCUT2D eigenvalue weighted by Crippen LogP contribution is -2.33. The Balaban J connectivity index is 2.74. The molecule has 0 radical (unpaired) electrons. The number of carbonyl (C=O) groups excluding carboxylic acids is 1. The summed E-state index contributed by atoms with van der Waals surface area (Å²) in [4.78, 5) is 23.4. The van der Waals surface area contributed by atoms with E-state index < -0.39 is 12.0 Å². The molecule has 0 aliphatic rings. The molecular formula is C12H12ClN3O3. The maximum Gasteiger partial charge on any atom is 0.321 e. The summed E-state index contributed by atoms with van der Waals surface area (Å²) >= 11 is 5.79. The average Bonchev–Trinajstić information content (AvgIpc) is 2.36. The van der Waals surface area contributed by atoms with Crippen LogP contribution in [0.3, 0.4) is 0 Å². The van der Waals surface area contributed by atoms with Crippen LogP contribution in [0.4, 0.5) is 10.5 Å². The molecule has 6 nitrogen and oxygen atoms in total. The molecule has 100 valence electrons. The minimum atomic E-state index is -0.986. The number of carboxylic acid groups (broad SMARTS) is 1. The minimum absolute atomic E-state index is 0.0730. The second kappa shape index (κ2) is 6.61. The number of carboxylic acids is 1. The Morgan fingerprint density at radius 2 is 2.21 bits per heavy atom. The van der Waals surface area contributed by atoms with E-state index in [4.69, 9.17) is 22.0 Å². The summed E-state index contributed by atoms with van der Waals surface area (Å²) in [7, 11) is 1.47. The van der Waals surface area contributed by atoms with Gasteiger partial charge in [0.25, 0.3) is 0 Å². The van der Waals surface area contributed by atoms with Crippen molar-refractivity contribution in [3.8, 4) is 6.07 Å². The van der Waals surface area contributed by atoms with Crippen LogP contribution in [0.2, 0.25) is 5.02 Å². The van der Waals surface area contributed by atoms with Gasteiger partial charge in [-0.15, -0.1) is 0 Å². The highest BCUT2D eigenvalue weighted by Gasteiger charge is 2.12. The fourth-order valence-electron chi connectivity index (χ4n) is 1.29. The predicted octanol–water partition coefficient (Wildman–Crippen LogP) is 2.15. The summed E-state index contributed by atoms with van der Waals surface area (Å²) in [5.74, 6) is -0.986. The standard InChI is InChI=1S/C12H12ClN3O3/c1-16(5-4-11(17)18)12(19)15-10-6-9(13)3-2-8(10)7-14/h2-3,6H,4-5H2,1H3,(H,15,19)(H,17,18). The number of halogens is 1. The van der Waals surface area contributed by atoms with Crippen LogP contribution in [0.1, 0.15) is 12.0 Å². The number of hydrogen-bond donors (Lipinski definition) is 2. The fourth-order valence-corrected chi connectivity index (χ4v) is 1.47. The molecule has 2 amide bonds. The number of nitrogens with zero attached hydrogens (tertiary/aromatic N) is 2. The van der Waals surface area contributed by atoms with Crippen LogP contribution < -0.4 is 5.32 Å². The number of nitriles is 1. The SMILES string of the molecule is CN(CCC(=O)O)C(=O)Nc1cc(Cl)ccc1C#N. The molecule has 0 fully saturated rings. The Bertz CT molecular complexity index is 540. The van der Waals surface area contributed by atoms with Crippen LogP contribution in [-0.2, 0) is 4.79 Å². The van der Waals surface area contributed by atoms with Gasteiger partial charge in [0.1, 0.15) is 6.07 Å². The molecular weight excluding hydrogens is 270 g/mol. The van der Waals surface area contributed by atoms with Gasteiger partial charge in [0.2, 0.25) is 0 Å². The molecule has 0 heterocycles. The van der Waals surface area contributed by atoms with Gasteiger partial charge in [0.05, 0.1) is 17.7 Å². The first kappa shape index (κ1) is 14.8. The van der Waals surface area contributed by atoms with E-state index in [1.54, 1.807) is 6.07 Å². The molecule has 0 aliphatic heterocycles. The number of nitrogens with one attached hydrogen (secondary N) is 1. The Morgan fingerprint density at radius 1 is 1.53 bits per heavy atom. The number of rotatable bonds is 4. The van der Waals surface area contributed by atoms with Gasteiger partial charge in [-0.05, 0) is 18.2 Å². The molecule has 1 aromatic carbocycles. The van der Waals surface area contributed by atoms with E-state index in [9.17, 15) is 9.59 Å². The molecule has 0 atom stereocenters. The molecule has 0 aromatic heterocycles. The first-order valence-electron chi connectivity index (χ1n) is 5.37. The van der Waals surface area contributed by atoms with Crippen LogP contribution in [0.15, 0.2) is 18.2 Å². The monoisotopic (exact) mass is 281 g/mol. The molecule has 7 heteroatoms. The molecule has 0 saturated carbocycles. The minimum Gasteiger partial charge on any atom is -0.481 e. The molecule has 0 saturated heterocycles. The number of hydrogen-bond acceptors (Lipinski definition) is 3. The summed E-state index contributed by atoms with van der Waals surface area (Å²) in [5.41, 5.74) is 0.576. The largest absolute Gasteiger partial charge is 0.481 e. The molecule has 0 bridgehead atoms. The summed E-state index contributed by atoms with van der Waals surface area (Å²) in [6.45, 7) is 0.0730. The van der Waals surface area contributed by atoms with Crippen molar-refractivity contribution in [3.63, 3.8) is 0 Å². The van der Waals surface area contributed by atoms with E-state index in [0.717, 1.165) is 0 Å². The number of aliphatic carboxylic acids is 1. The van der Waals surface area contributed by atoms with Crippen LogP contribution in [0.25, 0.3) is 0 Å². The third kappa shape index (κ3) is 4.48. The van der Waals surface area contributed by atoms with Crippen molar-refractivity contribution < 1.29 is 14.7 Å². The van der Waals surface area contributed by atoms with Crippen molar-refractivity contribution in [3.05, 3.63) is 28.8 Å². The maximum absolute atomic E-state index is 11.8. The van der Waals surface area contributed by atoms with Crippen LogP contribution >= 0.6 is 11.6 Å². The summed E-state index contributed by atoms with van der Waals surface area (Å²) in [5, 5.41) is 20.3. The van der Waals surface area contributed by atoms with Gasteiger partial charge in [-0.1, -0.05) is 11.6 Å². The highest BCUT2D eigenvalue weighted by atomic mass is 35.5. The van der Waals surface area contributed by atoms with Crippen molar-refractivity contribution in [2.24, 2.45) is 0 Å². The number of anilines is 1. The number of carbonyl (C=O) groups is 2. The van der Waals surface area contributed by atoms with Crippen LogP contribution in [-0.4, -0.2) is 35.6 Å². The molecule has 19 heavy (non-hydrogen) atoms. The maximum atomic E-state index is 11.8. The molecule has 1 rings (SSSR count). The number of urea groups is 1. The second-order valence-corrected chi connectivity index (χ2v) is 4.23. The third-order valence-electron chi connectivity index (χ3n) is 2.35. The van der Waals surface area contributed by atoms with Crippen molar-refractivity contribution in [2.75, 3.05) is 18.9 Å². The zero-order valence-electron chi connectivity index (χ0n) is 10.2. The zero-order chi connectivity index (χ0) is 14.4. The quantitative estimate of drug-likeness (QED) is 0.884. The van der Waals surface area contributed by atoms with Crippen LogP contribution in [0, 0.1) is 11.3 Å². The third-order valence-corrected chi connectivity index (χ3v) is 2.59. The normalized spacial score (nSPS) is 9.53. The average molecular weight is 282 g/mol. The molecule has 1 aromatic rings. The first-order chi connectivity index (χ1) is 8.93. The van der Waals surface area contributed by atoms with Gasteiger partial charge >= 0.3 is 12.0 Å². The smallest absolute Gasteiger partial charge is 0.321 e. The van der Waals surface area contributed by atoms with Gasteiger partial charge in [0, 0.05) is 18.6 Å². The van der Waals surface area contributed by atoms with E-state index in [0.29, 0.717) is 10.7 Å². The Morgan fingerprint density at radius 3 is 2.79 bits per heavy atom. The molecule has 2 N–H and O–H groups in total. The second-order valence-electron chi connectivity index (χ2n) is 3.80. The summed E-state index contributed by atoms with van der Waals surface area (Å²) in [6.07, 6.45) is -0.148. The molecule has 0 aliphatic carbocycles. The first-order valence-corrected chi connectivity index (χ1v) is 5.75. The number of amides is 2. The Labute approximate surface area is 115 Å². The lowest BCUT2D eigenvalue weighted by Gasteiger charge is -2.17. The lowest BCUT2D eigenvalue weighted by atomic mass is 10.2. The zero-order valence-corrected chi connectivity index (χ0v) is 10.9. The van der Waals surface area contributed by atoms with Gasteiger partial charge in [0.15, 0.2) is 0 Å². The summed E-state index contributed by atoms with van der Waals surface area (Å²) < 4.78 is 0. The van der Waals surface area contributed by atoms with Crippen molar-refractivity contribution in [1.29, 1.82) is 5.26 Å².